The fourth-order valence-corrected chi connectivity index (χ4v) is 5.10. The minimum absolute atomic E-state index is 0.0972. The minimum atomic E-state index is -3.64. The Labute approximate surface area is 186 Å². The molecule has 0 N–H and O–H groups in total. The summed E-state index contributed by atoms with van der Waals surface area (Å²) in [6, 6.07) is 10.0. The lowest BCUT2D eigenvalue weighted by atomic mass is 9.83. The van der Waals surface area contributed by atoms with Crippen LogP contribution in [0.4, 0.5) is 4.79 Å². The highest BCUT2D eigenvalue weighted by molar-refractivity contribution is 7.86. The van der Waals surface area contributed by atoms with Crippen LogP contribution in [0.5, 0.6) is 0 Å². The Balaban J connectivity index is 1.59. The van der Waals surface area contributed by atoms with Crippen LogP contribution in [0.2, 0.25) is 0 Å². The maximum absolute atomic E-state index is 12.7. The van der Waals surface area contributed by atoms with Gasteiger partial charge in [0, 0.05) is 6.54 Å². The summed E-state index contributed by atoms with van der Waals surface area (Å²) in [4.78, 5) is 14.2. The molecule has 1 saturated heterocycles. The van der Waals surface area contributed by atoms with E-state index in [4.69, 9.17) is 13.7 Å². The minimum Gasteiger partial charge on any atom is -0.444 e. The lowest BCUT2D eigenvalue weighted by Crippen LogP contribution is -2.46. The normalized spacial score (nSPS) is 27.3. The summed E-state index contributed by atoms with van der Waals surface area (Å²) in [5.74, 6) is 0.548. The van der Waals surface area contributed by atoms with Gasteiger partial charge in [-0.05, 0) is 64.4 Å². The summed E-state index contributed by atoms with van der Waals surface area (Å²) in [6.45, 7) is 6.04. The molecule has 2 atom stereocenters. The number of carbonyl (C=O) groups is 1. The molecule has 3 rings (SSSR count). The lowest BCUT2D eigenvalue weighted by molar-refractivity contribution is -0.0298. The Morgan fingerprint density at radius 1 is 1.06 bits per heavy atom. The molecule has 2 fully saturated rings. The summed E-state index contributed by atoms with van der Waals surface area (Å²) >= 11 is 0. The number of hydrogen-bond acceptors (Lipinski definition) is 6. The van der Waals surface area contributed by atoms with Crippen LogP contribution in [-0.2, 0) is 23.8 Å². The monoisotopic (exact) mass is 453 g/mol. The summed E-state index contributed by atoms with van der Waals surface area (Å²) in [7, 11) is -3.64. The third-order valence-corrected chi connectivity index (χ3v) is 6.46. The first kappa shape index (κ1) is 24.0. The third kappa shape index (κ3) is 7.19. The van der Waals surface area contributed by atoms with E-state index in [1.54, 1.807) is 4.90 Å². The summed E-state index contributed by atoms with van der Waals surface area (Å²) < 4.78 is 40.4. The van der Waals surface area contributed by atoms with E-state index in [0.717, 1.165) is 31.9 Å². The van der Waals surface area contributed by atoms with E-state index in [1.165, 1.54) is 5.56 Å². The van der Waals surface area contributed by atoms with Crippen molar-refractivity contribution in [2.45, 2.75) is 82.6 Å². The molecule has 7 nitrogen and oxygen atoms in total. The Morgan fingerprint density at radius 2 is 1.71 bits per heavy atom. The number of carbonyl (C=O) groups excluding carboxylic acids is 1. The van der Waals surface area contributed by atoms with Crippen molar-refractivity contribution in [2.75, 3.05) is 19.4 Å². The average Bonchev–Trinajstić information content (AvgIpc) is 3.07. The number of likely N-dealkylation sites (tertiary alicyclic amines) is 1. The van der Waals surface area contributed by atoms with Crippen molar-refractivity contribution in [3.05, 3.63) is 35.9 Å². The first-order valence-corrected chi connectivity index (χ1v) is 12.9. The third-order valence-electron chi connectivity index (χ3n) is 5.86. The highest BCUT2D eigenvalue weighted by atomic mass is 32.2. The second-order valence-electron chi connectivity index (χ2n) is 9.59. The van der Waals surface area contributed by atoms with Gasteiger partial charge in [0.05, 0.1) is 25.0 Å². The van der Waals surface area contributed by atoms with Gasteiger partial charge < -0.3 is 14.4 Å². The Kier molecular flexibility index (Phi) is 7.65. The second kappa shape index (κ2) is 9.88. The topological polar surface area (TPSA) is 82.1 Å². The molecule has 0 unspecified atom stereocenters. The molecule has 0 bridgehead atoms. The van der Waals surface area contributed by atoms with Crippen LogP contribution in [0, 0.1) is 0 Å². The fourth-order valence-electron chi connectivity index (χ4n) is 4.43. The van der Waals surface area contributed by atoms with Gasteiger partial charge in [-0.15, -0.1) is 0 Å². The fraction of sp³-hybridized carbons (Fsp3) is 0.696. The molecule has 8 heteroatoms. The van der Waals surface area contributed by atoms with E-state index in [0.29, 0.717) is 18.9 Å². The molecule has 0 aromatic heterocycles. The molecule has 2 aliphatic rings. The summed E-state index contributed by atoms with van der Waals surface area (Å²) in [5.41, 5.74) is 0.739. The quantitative estimate of drug-likeness (QED) is 0.604. The Morgan fingerprint density at radius 3 is 2.29 bits per heavy atom. The van der Waals surface area contributed by atoms with E-state index in [1.807, 2.05) is 26.8 Å². The largest absolute Gasteiger partial charge is 0.444 e. The van der Waals surface area contributed by atoms with Crippen LogP contribution < -0.4 is 0 Å². The van der Waals surface area contributed by atoms with Crippen molar-refractivity contribution in [3.63, 3.8) is 0 Å². The van der Waals surface area contributed by atoms with Crippen molar-refractivity contribution in [3.8, 4) is 0 Å². The van der Waals surface area contributed by atoms with Crippen LogP contribution in [0.3, 0.4) is 0 Å². The summed E-state index contributed by atoms with van der Waals surface area (Å²) in [6.07, 6.45) is 4.47. The van der Waals surface area contributed by atoms with E-state index in [-0.39, 0.29) is 12.7 Å². The second-order valence-corrected chi connectivity index (χ2v) is 11.2. The Bertz CT molecular complexity index is 827. The molecule has 1 amide bonds. The molecule has 0 spiro atoms. The molecule has 31 heavy (non-hydrogen) atoms. The van der Waals surface area contributed by atoms with Crippen molar-refractivity contribution < 1.29 is 26.9 Å². The van der Waals surface area contributed by atoms with E-state index >= 15 is 0 Å². The van der Waals surface area contributed by atoms with Crippen LogP contribution in [0.15, 0.2) is 30.3 Å². The van der Waals surface area contributed by atoms with Gasteiger partial charge in [0.15, 0.2) is 0 Å². The predicted octanol–water partition coefficient (Wildman–Crippen LogP) is 4.08. The van der Waals surface area contributed by atoms with Crippen LogP contribution in [-0.4, -0.2) is 62.7 Å². The van der Waals surface area contributed by atoms with Crippen molar-refractivity contribution in [2.24, 2.45) is 0 Å². The maximum atomic E-state index is 12.7. The standard InChI is InChI=1S/C23H35NO6S/c1-23(2,3)29-22(25)24-15-14-21(30-31(4,26)27)20(24)16-28-19-12-10-18(11-13-19)17-8-6-5-7-9-17/h5-9,18-21H,10-16H2,1-4H3/t18-,19+,20-,21+/m1/s1. The number of nitrogens with zero attached hydrogens (tertiary/aromatic N) is 1. The number of amides is 1. The number of hydrogen-bond donors (Lipinski definition) is 0. The predicted molar refractivity (Wildman–Crippen MR) is 118 cm³/mol. The molecule has 1 aliphatic heterocycles. The van der Waals surface area contributed by atoms with Gasteiger partial charge in [0.25, 0.3) is 10.1 Å². The SMILES string of the molecule is CC(C)(C)OC(=O)N1CC[C@H](OS(C)(=O)=O)[C@H]1CO[C@H]1CC[C@@H](c2ccccc2)CC1. The van der Waals surface area contributed by atoms with Gasteiger partial charge in [-0.3, -0.25) is 4.18 Å². The molecule has 0 radical (unpaired) electrons. The number of benzene rings is 1. The van der Waals surface area contributed by atoms with Gasteiger partial charge in [-0.1, -0.05) is 30.3 Å². The van der Waals surface area contributed by atoms with E-state index < -0.39 is 34.0 Å². The van der Waals surface area contributed by atoms with Crippen LogP contribution in [0.1, 0.15) is 64.4 Å². The number of rotatable bonds is 6. The highest BCUT2D eigenvalue weighted by Crippen LogP contribution is 2.34. The maximum Gasteiger partial charge on any atom is 0.410 e. The van der Waals surface area contributed by atoms with Gasteiger partial charge in [0.1, 0.15) is 11.7 Å². The van der Waals surface area contributed by atoms with E-state index in [9.17, 15) is 13.2 Å². The van der Waals surface area contributed by atoms with Gasteiger partial charge >= 0.3 is 6.09 Å². The molecule has 1 aliphatic carbocycles. The van der Waals surface area contributed by atoms with Gasteiger partial charge in [-0.25, -0.2) is 4.79 Å². The molecule has 1 aromatic rings. The summed E-state index contributed by atoms with van der Waals surface area (Å²) in [5, 5.41) is 0. The molecule has 1 heterocycles. The van der Waals surface area contributed by atoms with Gasteiger partial charge in [0.2, 0.25) is 0 Å². The van der Waals surface area contributed by atoms with Crippen LogP contribution in [0.25, 0.3) is 0 Å². The smallest absolute Gasteiger partial charge is 0.410 e. The zero-order valence-corrected chi connectivity index (χ0v) is 19.8. The van der Waals surface area contributed by atoms with Crippen LogP contribution >= 0.6 is 0 Å². The average molecular weight is 454 g/mol. The van der Waals surface area contributed by atoms with E-state index in [2.05, 4.69) is 24.3 Å². The van der Waals surface area contributed by atoms with Crippen molar-refractivity contribution in [1.29, 1.82) is 0 Å². The van der Waals surface area contributed by atoms with Crippen molar-refractivity contribution in [1.82, 2.24) is 4.90 Å². The Hall–Kier alpha value is -1.64. The molecule has 1 aromatic carbocycles. The zero-order valence-electron chi connectivity index (χ0n) is 19.0. The first-order chi connectivity index (χ1) is 14.5. The molecular weight excluding hydrogens is 418 g/mol. The van der Waals surface area contributed by atoms with Crippen molar-refractivity contribution >= 4 is 16.2 Å². The van der Waals surface area contributed by atoms with Gasteiger partial charge in [-0.2, -0.15) is 8.42 Å². The zero-order chi connectivity index (χ0) is 22.6. The first-order valence-electron chi connectivity index (χ1n) is 11.1. The molecule has 174 valence electrons. The number of ether oxygens (including phenoxy) is 2. The molecule has 1 saturated carbocycles. The highest BCUT2D eigenvalue weighted by Gasteiger charge is 2.42. The molecular formula is C23H35NO6S. The lowest BCUT2D eigenvalue weighted by Gasteiger charge is -2.33.